The molecule has 2 aromatic rings. The Morgan fingerprint density at radius 3 is 2.00 bits per heavy atom. The number of aliphatic imine (C=N–C) groups is 1. The summed E-state index contributed by atoms with van der Waals surface area (Å²) >= 11 is 0. The Labute approximate surface area is 430 Å². The van der Waals surface area contributed by atoms with Gasteiger partial charge in [-0.2, -0.15) is 0 Å². The van der Waals surface area contributed by atoms with Gasteiger partial charge in [-0.3, -0.25) is 19.0 Å². The van der Waals surface area contributed by atoms with Crippen molar-refractivity contribution in [3.8, 4) is 35.5 Å². The Balaban J connectivity index is 1.18. The summed E-state index contributed by atoms with van der Waals surface area (Å²) in [7, 11) is -7.86. The van der Waals surface area contributed by atoms with E-state index >= 15 is 0 Å². The molecule has 8 N–H and O–H groups in total. The SMILES string of the molecule is C=P(O)(O)C1=NC(CNCCN(CCNCc2cc(C#CC3C=CC(OC)=CC3)cc(P(C)(=O)O)n2)Cc2cc(C#CC3=CCC(OCCCN)C=C3)cc(P(C)(=O)O)n2)=CC(C#CC2=CCC(OC)C=C2)C1. The van der Waals surface area contributed by atoms with Crippen molar-refractivity contribution in [3.05, 3.63) is 130 Å². The molecule has 1 aliphatic heterocycles. The van der Waals surface area contributed by atoms with Crippen LogP contribution < -0.4 is 27.2 Å². The first-order valence-electron chi connectivity index (χ1n) is 24.2. The molecule has 16 nitrogen and oxygen atoms in total. The van der Waals surface area contributed by atoms with Gasteiger partial charge in [-0.15, -0.1) is 0 Å². The Morgan fingerprint density at radius 2 is 1.40 bits per heavy atom. The number of allylic oxidation sites excluding steroid dienone is 8. The molecule has 388 valence electrons. The third kappa shape index (κ3) is 19.3. The fourth-order valence-electron chi connectivity index (χ4n) is 7.80. The minimum atomic E-state index is -3.79. The van der Waals surface area contributed by atoms with Crippen LogP contribution >= 0.6 is 22.1 Å². The van der Waals surface area contributed by atoms with Crippen molar-refractivity contribution in [3.63, 3.8) is 0 Å². The van der Waals surface area contributed by atoms with Crippen LogP contribution in [0.4, 0.5) is 0 Å². The van der Waals surface area contributed by atoms with Crippen LogP contribution in [0.3, 0.4) is 0 Å². The molecule has 73 heavy (non-hydrogen) atoms. The molecule has 0 spiro atoms. The van der Waals surface area contributed by atoms with Gasteiger partial charge in [-0.25, -0.2) is 9.97 Å². The van der Waals surface area contributed by atoms with Crippen LogP contribution in [0, 0.1) is 47.4 Å². The smallest absolute Gasteiger partial charge is 0.244 e. The maximum absolute atomic E-state index is 13.1. The lowest BCUT2D eigenvalue weighted by molar-refractivity contribution is 0.0856. The molecule has 6 rings (SSSR count). The van der Waals surface area contributed by atoms with Gasteiger partial charge < -0.3 is 50.2 Å². The molecule has 0 fully saturated rings. The van der Waals surface area contributed by atoms with Crippen LogP contribution in [0.25, 0.3) is 0 Å². The Hall–Kier alpha value is -5.01. The Morgan fingerprint density at radius 1 is 0.767 bits per heavy atom. The lowest BCUT2D eigenvalue weighted by Gasteiger charge is -2.24. The molecule has 0 saturated heterocycles. The van der Waals surface area contributed by atoms with E-state index in [0.29, 0.717) is 93.5 Å². The van der Waals surface area contributed by atoms with Crippen molar-refractivity contribution in [2.45, 2.75) is 57.4 Å². The van der Waals surface area contributed by atoms with E-state index in [4.69, 9.17) is 19.9 Å². The van der Waals surface area contributed by atoms with E-state index in [0.717, 1.165) is 29.7 Å². The first-order valence-corrected chi connectivity index (χ1v) is 30.3. The first kappa shape index (κ1) is 57.3. The molecule has 6 unspecified atom stereocenters. The summed E-state index contributed by atoms with van der Waals surface area (Å²) in [5.74, 6) is 19.7. The summed E-state index contributed by atoms with van der Waals surface area (Å²) in [6, 6.07) is 6.76. The van der Waals surface area contributed by atoms with E-state index in [1.807, 2.05) is 72.9 Å². The lowest BCUT2D eigenvalue weighted by Crippen LogP contribution is -2.37. The molecule has 19 heteroatoms. The van der Waals surface area contributed by atoms with Gasteiger partial charge in [0.05, 0.1) is 41.9 Å². The highest BCUT2D eigenvalue weighted by molar-refractivity contribution is 7.79. The molecule has 3 aliphatic carbocycles. The number of ether oxygens (including phenoxy) is 3. The number of nitrogens with zero attached hydrogens (tertiary/aromatic N) is 4. The zero-order valence-electron chi connectivity index (χ0n) is 42.0. The summed E-state index contributed by atoms with van der Waals surface area (Å²) in [5.41, 5.74) is 10.5. The fraction of sp³-hybridized carbons (Fsp3) is 0.407. The molecule has 0 aromatic carbocycles. The minimum absolute atomic E-state index is 0.0150. The quantitative estimate of drug-likeness (QED) is 0.0514. The fourth-order valence-corrected chi connectivity index (χ4v) is 9.97. The van der Waals surface area contributed by atoms with Gasteiger partial charge >= 0.3 is 0 Å². The van der Waals surface area contributed by atoms with E-state index in [1.165, 1.54) is 13.3 Å². The van der Waals surface area contributed by atoms with E-state index in [2.05, 4.69) is 72.3 Å². The topological polar surface area (TPSA) is 234 Å². The van der Waals surface area contributed by atoms with E-state index in [9.17, 15) is 28.7 Å². The largest absolute Gasteiger partial charge is 0.497 e. The predicted molar refractivity (Wildman–Crippen MR) is 293 cm³/mol. The van der Waals surface area contributed by atoms with Crippen molar-refractivity contribution in [2.24, 2.45) is 22.6 Å². The van der Waals surface area contributed by atoms with Gasteiger partial charge in [0.1, 0.15) is 16.6 Å². The van der Waals surface area contributed by atoms with Gasteiger partial charge in [0.2, 0.25) is 14.7 Å². The summed E-state index contributed by atoms with van der Waals surface area (Å²) in [5, 5.41) is 6.88. The number of hydrogen-bond acceptors (Lipinski definition) is 14. The second-order valence-electron chi connectivity index (χ2n) is 18.2. The third-order valence-electron chi connectivity index (χ3n) is 11.8. The van der Waals surface area contributed by atoms with Crippen molar-refractivity contribution >= 4 is 44.7 Å². The van der Waals surface area contributed by atoms with Crippen LogP contribution in [-0.2, 0) is 36.4 Å². The highest BCUT2D eigenvalue weighted by atomic mass is 31.2. The van der Waals surface area contributed by atoms with Gasteiger partial charge in [0.15, 0.2) is 7.34 Å². The van der Waals surface area contributed by atoms with E-state index in [-0.39, 0.29) is 53.3 Å². The van der Waals surface area contributed by atoms with Crippen LogP contribution in [0.5, 0.6) is 0 Å². The molecule has 0 bridgehead atoms. The van der Waals surface area contributed by atoms with Gasteiger partial charge in [-0.05, 0) is 93.2 Å². The number of aromatic nitrogens is 2. The van der Waals surface area contributed by atoms with Crippen LogP contribution in [0.1, 0.15) is 54.6 Å². The zero-order chi connectivity index (χ0) is 52.4. The number of methoxy groups -OCH3 is 2. The number of nitrogens with one attached hydrogen (secondary N) is 2. The summed E-state index contributed by atoms with van der Waals surface area (Å²) < 4.78 is 42.5. The zero-order valence-corrected chi connectivity index (χ0v) is 44.7. The minimum Gasteiger partial charge on any atom is -0.497 e. The summed E-state index contributed by atoms with van der Waals surface area (Å²) in [6.07, 6.45) is 26.3. The highest BCUT2D eigenvalue weighted by Gasteiger charge is 2.24. The molecule has 2 aromatic heterocycles. The highest BCUT2D eigenvalue weighted by Crippen LogP contribution is 2.41. The second kappa shape index (κ2) is 27.5. The molecule has 4 aliphatic rings. The number of pyridine rings is 2. The molecule has 0 radical (unpaired) electrons. The molecule has 0 saturated carbocycles. The number of hydrogen-bond donors (Lipinski definition) is 7. The number of nitrogens with two attached hydrogens (primary N) is 1. The van der Waals surface area contributed by atoms with Crippen molar-refractivity contribution in [1.82, 2.24) is 25.5 Å². The van der Waals surface area contributed by atoms with Gasteiger partial charge in [0, 0.05) is 113 Å². The van der Waals surface area contributed by atoms with Gasteiger partial charge in [-0.1, -0.05) is 65.9 Å². The van der Waals surface area contributed by atoms with Crippen LogP contribution in [0.15, 0.2) is 113 Å². The Bertz CT molecular complexity index is 2910. The van der Waals surface area contributed by atoms with Crippen molar-refractivity contribution < 1.29 is 42.9 Å². The average Bonchev–Trinajstić information content (AvgIpc) is 3.36. The van der Waals surface area contributed by atoms with Gasteiger partial charge in [0.25, 0.3) is 0 Å². The first-order chi connectivity index (χ1) is 34.9. The van der Waals surface area contributed by atoms with Crippen LogP contribution in [0.2, 0.25) is 0 Å². The summed E-state index contributed by atoms with van der Waals surface area (Å²) in [6.45, 7) is 6.49. The molecule has 3 heterocycles. The maximum atomic E-state index is 13.1. The normalized spacial score (nSPS) is 21.1. The third-order valence-corrected chi connectivity index (χ3v) is 15.1. The Kier molecular flexibility index (Phi) is 21.6. The van der Waals surface area contributed by atoms with Crippen molar-refractivity contribution in [1.29, 1.82) is 0 Å². The molecule has 6 atom stereocenters. The second-order valence-corrected chi connectivity index (χ2v) is 24.6. The van der Waals surface area contributed by atoms with E-state index in [1.54, 1.807) is 26.4 Å². The molecular formula is C54H68N7O9P3. The number of rotatable bonds is 21. The molecule has 0 amide bonds. The lowest BCUT2D eigenvalue weighted by atomic mass is 10.0. The summed E-state index contributed by atoms with van der Waals surface area (Å²) in [4.78, 5) is 58.3. The monoisotopic (exact) mass is 1050 g/mol. The maximum Gasteiger partial charge on any atom is 0.244 e. The van der Waals surface area contributed by atoms with Crippen molar-refractivity contribution in [2.75, 3.05) is 73.4 Å². The average molecular weight is 1050 g/mol. The van der Waals surface area contributed by atoms with E-state index < -0.39 is 22.1 Å². The molecular weight excluding hydrogens is 984 g/mol. The standard InChI is InChI=1S/C54H68N7O9P3/c1-68-49-19-13-40(14-20-49)7-10-43-31-46(58-52(34-43)71(3,62)63)37-56-26-28-61(29-27-57-38-47-32-44(35-53(59-47)72(4,64)65)11-8-41-15-21-50(69-2)22-16-41)39-48-33-45(36-54(60-48)73(5,66)67)12-9-42-17-23-51(24-18-42)70-30-6-25-55/h13-15,17-19,21-23,31-33,35-36,41,43,49,51,56-57,62-63H,3,6,16,20,24-30,34,37-39,55H2,1-2,4-5H3,(H,64,65)(H,66,67). The van der Waals surface area contributed by atoms with Crippen LogP contribution in [-0.4, -0.2) is 132 Å². The predicted octanol–water partition coefficient (Wildman–Crippen LogP) is 4.61.